The van der Waals surface area contributed by atoms with E-state index in [1.165, 1.54) is 19.3 Å². The summed E-state index contributed by atoms with van der Waals surface area (Å²) in [7, 11) is 0. The van der Waals surface area contributed by atoms with E-state index >= 15 is 0 Å². The van der Waals surface area contributed by atoms with Crippen LogP contribution < -0.4 is 10.6 Å². The molecule has 0 bridgehead atoms. The summed E-state index contributed by atoms with van der Waals surface area (Å²) < 4.78 is 0. The topological polar surface area (TPSA) is 41.1 Å². The first kappa shape index (κ1) is 14.3. The van der Waals surface area contributed by atoms with Crippen molar-refractivity contribution in [3.63, 3.8) is 0 Å². The molecule has 1 saturated carbocycles. The van der Waals surface area contributed by atoms with Gasteiger partial charge in [-0.25, -0.2) is 4.79 Å². The summed E-state index contributed by atoms with van der Waals surface area (Å²) in [5, 5.41) is 6.13. The minimum absolute atomic E-state index is 0.0185. The number of carbonyl (C=O) groups is 1. The monoisotopic (exact) mass is 240 g/mol. The zero-order valence-electron chi connectivity index (χ0n) is 12.0. The van der Waals surface area contributed by atoms with Gasteiger partial charge in [0, 0.05) is 11.6 Å². The Hall–Kier alpha value is -0.730. The third-order valence-electron chi connectivity index (χ3n) is 3.48. The van der Waals surface area contributed by atoms with Crippen molar-refractivity contribution < 1.29 is 4.79 Å². The van der Waals surface area contributed by atoms with Gasteiger partial charge in [-0.3, -0.25) is 0 Å². The Morgan fingerprint density at radius 2 is 1.76 bits per heavy atom. The first-order valence-electron chi connectivity index (χ1n) is 6.88. The lowest BCUT2D eigenvalue weighted by atomic mass is 9.78. The predicted octanol–water partition coefficient (Wildman–Crippen LogP) is 3.30. The largest absolute Gasteiger partial charge is 0.335 e. The molecule has 0 radical (unpaired) electrons. The molecule has 0 aromatic carbocycles. The molecule has 0 aliphatic heterocycles. The van der Waals surface area contributed by atoms with E-state index in [9.17, 15) is 4.79 Å². The van der Waals surface area contributed by atoms with E-state index in [1.54, 1.807) is 0 Å². The number of rotatable bonds is 2. The highest BCUT2D eigenvalue weighted by Crippen LogP contribution is 2.30. The van der Waals surface area contributed by atoms with Gasteiger partial charge in [-0.1, -0.05) is 26.7 Å². The summed E-state index contributed by atoms with van der Waals surface area (Å²) in [6.45, 7) is 10.5. The third-order valence-corrected chi connectivity index (χ3v) is 3.48. The van der Waals surface area contributed by atoms with Crippen molar-refractivity contribution in [3.8, 4) is 0 Å². The van der Waals surface area contributed by atoms with Crippen LogP contribution >= 0.6 is 0 Å². The van der Waals surface area contributed by atoms with Crippen LogP contribution in [0, 0.1) is 11.8 Å². The number of hydrogen-bond donors (Lipinski definition) is 2. The first-order valence-corrected chi connectivity index (χ1v) is 6.88. The van der Waals surface area contributed by atoms with E-state index in [2.05, 4.69) is 24.5 Å². The molecule has 2 atom stereocenters. The second-order valence-corrected chi connectivity index (χ2v) is 6.65. The quantitative estimate of drug-likeness (QED) is 0.764. The fourth-order valence-electron chi connectivity index (χ4n) is 2.68. The molecular weight excluding hydrogens is 212 g/mol. The third kappa shape index (κ3) is 4.97. The molecule has 1 aliphatic rings. The van der Waals surface area contributed by atoms with Gasteiger partial charge in [0.1, 0.15) is 0 Å². The molecule has 0 saturated heterocycles. The van der Waals surface area contributed by atoms with Crippen LogP contribution in [0.25, 0.3) is 0 Å². The standard InChI is InChI=1S/C14H28N2O/c1-10(2)11-8-6-7-9-12(11)15-13(17)16-14(3,4)5/h10-12H,6-9H2,1-5H3,(H2,15,16,17). The summed E-state index contributed by atoms with van der Waals surface area (Å²) in [5.74, 6) is 1.28. The van der Waals surface area contributed by atoms with E-state index in [-0.39, 0.29) is 11.6 Å². The molecule has 1 aliphatic carbocycles. The normalized spacial score (nSPS) is 25.8. The SMILES string of the molecule is CC(C)C1CCCCC1NC(=O)NC(C)(C)C. The average molecular weight is 240 g/mol. The van der Waals surface area contributed by atoms with Gasteiger partial charge in [-0.15, -0.1) is 0 Å². The highest BCUT2D eigenvalue weighted by molar-refractivity contribution is 5.75. The Morgan fingerprint density at radius 3 is 2.29 bits per heavy atom. The van der Waals surface area contributed by atoms with Gasteiger partial charge in [-0.05, 0) is 45.4 Å². The maximum atomic E-state index is 11.9. The summed E-state index contributed by atoms with van der Waals surface area (Å²) in [6, 6.07) is 0.334. The molecule has 100 valence electrons. The zero-order valence-corrected chi connectivity index (χ0v) is 12.0. The van der Waals surface area contributed by atoms with Crippen LogP contribution in [0.2, 0.25) is 0 Å². The summed E-state index contributed by atoms with van der Waals surface area (Å²) >= 11 is 0. The van der Waals surface area contributed by atoms with Gasteiger partial charge in [0.15, 0.2) is 0 Å². The number of carbonyl (C=O) groups excluding carboxylic acids is 1. The number of nitrogens with one attached hydrogen (secondary N) is 2. The molecule has 0 aromatic rings. The maximum absolute atomic E-state index is 11.9. The molecule has 1 rings (SSSR count). The molecule has 2 unspecified atom stereocenters. The second kappa shape index (κ2) is 5.74. The maximum Gasteiger partial charge on any atom is 0.315 e. The Balaban J connectivity index is 2.50. The molecule has 3 nitrogen and oxygen atoms in total. The lowest BCUT2D eigenvalue weighted by molar-refractivity contribution is 0.189. The first-order chi connectivity index (χ1) is 7.79. The summed E-state index contributed by atoms with van der Waals surface area (Å²) in [4.78, 5) is 11.9. The van der Waals surface area contributed by atoms with Crippen molar-refractivity contribution in [1.29, 1.82) is 0 Å². The molecule has 0 aromatic heterocycles. The minimum atomic E-state index is -0.161. The lowest BCUT2D eigenvalue weighted by Gasteiger charge is -2.35. The number of amides is 2. The molecule has 2 N–H and O–H groups in total. The van der Waals surface area contributed by atoms with Gasteiger partial charge in [0.25, 0.3) is 0 Å². The fraction of sp³-hybridized carbons (Fsp3) is 0.929. The van der Waals surface area contributed by atoms with Crippen LogP contribution in [-0.4, -0.2) is 17.6 Å². The van der Waals surface area contributed by atoms with Crippen molar-refractivity contribution in [2.75, 3.05) is 0 Å². The number of urea groups is 1. The Kier molecular flexibility index (Phi) is 4.84. The molecule has 2 amide bonds. The van der Waals surface area contributed by atoms with E-state index < -0.39 is 0 Å². The Bertz CT molecular complexity index is 255. The Labute approximate surface area is 106 Å². The fourth-order valence-corrected chi connectivity index (χ4v) is 2.68. The highest BCUT2D eigenvalue weighted by Gasteiger charge is 2.29. The highest BCUT2D eigenvalue weighted by atomic mass is 16.2. The summed E-state index contributed by atoms with van der Waals surface area (Å²) in [6.07, 6.45) is 4.92. The van der Waals surface area contributed by atoms with Crippen molar-refractivity contribution >= 4 is 6.03 Å². The van der Waals surface area contributed by atoms with Crippen LogP contribution in [0.3, 0.4) is 0 Å². The van der Waals surface area contributed by atoms with Gasteiger partial charge >= 0.3 is 6.03 Å². The van der Waals surface area contributed by atoms with Crippen LogP contribution in [0.4, 0.5) is 4.79 Å². The van der Waals surface area contributed by atoms with Crippen LogP contribution in [0.15, 0.2) is 0 Å². The van der Waals surface area contributed by atoms with Crippen molar-refractivity contribution in [1.82, 2.24) is 10.6 Å². The molecule has 17 heavy (non-hydrogen) atoms. The lowest BCUT2D eigenvalue weighted by Crippen LogP contribution is -2.52. The average Bonchev–Trinajstić information content (AvgIpc) is 2.14. The number of hydrogen-bond acceptors (Lipinski definition) is 1. The van der Waals surface area contributed by atoms with Crippen molar-refractivity contribution in [3.05, 3.63) is 0 Å². The van der Waals surface area contributed by atoms with Crippen LogP contribution in [0.1, 0.15) is 60.3 Å². The zero-order chi connectivity index (χ0) is 13.1. The molecule has 3 heteroatoms. The van der Waals surface area contributed by atoms with Gasteiger partial charge in [0.05, 0.1) is 0 Å². The van der Waals surface area contributed by atoms with Crippen molar-refractivity contribution in [2.24, 2.45) is 11.8 Å². The molecular formula is C14H28N2O. The van der Waals surface area contributed by atoms with Crippen LogP contribution in [-0.2, 0) is 0 Å². The smallest absolute Gasteiger partial charge is 0.315 e. The van der Waals surface area contributed by atoms with Gasteiger partial charge in [0.2, 0.25) is 0 Å². The van der Waals surface area contributed by atoms with Gasteiger partial charge in [-0.2, -0.15) is 0 Å². The van der Waals surface area contributed by atoms with Crippen LogP contribution in [0.5, 0.6) is 0 Å². The van der Waals surface area contributed by atoms with Gasteiger partial charge < -0.3 is 10.6 Å². The van der Waals surface area contributed by atoms with E-state index in [0.717, 1.165) is 6.42 Å². The molecule has 0 spiro atoms. The van der Waals surface area contributed by atoms with E-state index in [0.29, 0.717) is 17.9 Å². The second-order valence-electron chi connectivity index (χ2n) is 6.65. The van der Waals surface area contributed by atoms with E-state index in [1.807, 2.05) is 20.8 Å². The minimum Gasteiger partial charge on any atom is -0.335 e. The predicted molar refractivity (Wildman–Crippen MR) is 72.0 cm³/mol. The summed E-state index contributed by atoms with van der Waals surface area (Å²) in [5.41, 5.74) is -0.161. The molecule has 0 heterocycles. The molecule has 1 fully saturated rings. The van der Waals surface area contributed by atoms with E-state index in [4.69, 9.17) is 0 Å². The Morgan fingerprint density at radius 1 is 1.18 bits per heavy atom. The van der Waals surface area contributed by atoms with Crippen molar-refractivity contribution in [2.45, 2.75) is 71.9 Å².